The molecule has 0 fully saturated rings. The van der Waals surface area contributed by atoms with Crippen LogP contribution in [0.1, 0.15) is 5.56 Å². The van der Waals surface area contributed by atoms with Gasteiger partial charge < -0.3 is 19.4 Å². The van der Waals surface area contributed by atoms with Crippen LogP contribution in [0, 0.1) is 6.92 Å². The second-order valence-corrected chi connectivity index (χ2v) is 8.03. The fourth-order valence-electron chi connectivity index (χ4n) is 3.77. The molecule has 2 aromatic heterocycles. The standard InChI is InChI=1S/C25H19ClN2O3/c1-14-3-6-17(7-4-14)31-24-23(29)19-12-18(20(26)13-21(19)27-25(24)30)15-5-8-22-16(11-15)9-10-28(22)2/h3-13H,1-2H3,(H2,27,29,30). The highest BCUT2D eigenvalue weighted by atomic mass is 35.5. The number of halogens is 1. The molecule has 0 aliphatic rings. The Morgan fingerprint density at radius 2 is 1.81 bits per heavy atom. The predicted octanol–water partition coefficient (Wildman–Crippen LogP) is 6.15. The summed E-state index contributed by atoms with van der Waals surface area (Å²) in [4.78, 5) is 15.3. The van der Waals surface area contributed by atoms with Crippen LogP contribution in [-0.4, -0.2) is 14.7 Å². The van der Waals surface area contributed by atoms with Gasteiger partial charge in [0.25, 0.3) is 5.56 Å². The summed E-state index contributed by atoms with van der Waals surface area (Å²) in [5, 5.41) is 12.9. The third-order valence-electron chi connectivity index (χ3n) is 5.47. The van der Waals surface area contributed by atoms with Gasteiger partial charge >= 0.3 is 0 Å². The Bertz CT molecular complexity index is 1510. The van der Waals surface area contributed by atoms with Crippen LogP contribution in [0.25, 0.3) is 32.9 Å². The van der Waals surface area contributed by atoms with Gasteiger partial charge in [0.1, 0.15) is 5.75 Å². The lowest BCUT2D eigenvalue weighted by atomic mass is 10.0. The van der Waals surface area contributed by atoms with Gasteiger partial charge in [0, 0.05) is 35.1 Å². The third-order valence-corrected chi connectivity index (χ3v) is 5.78. The Hall–Kier alpha value is -3.70. The molecule has 2 heterocycles. The molecule has 0 spiro atoms. The van der Waals surface area contributed by atoms with Crippen molar-refractivity contribution in [2.45, 2.75) is 6.92 Å². The summed E-state index contributed by atoms with van der Waals surface area (Å²) in [6.45, 7) is 1.96. The van der Waals surface area contributed by atoms with E-state index in [4.69, 9.17) is 16.3 Å². The lowest BCUT2D eigenvalue weighted by Crippen LogP contribution is -2.09. The monoisotopic (exact) mass is 430 g/mol. The van der Waals surface area contributed by atoms with Gasteiger partial charge in [0.2, 0.25) is 5.75 Å². The van der Waals surface area contributed by atoms with E-state index in [9.17, 15) is 9.90 Å². The summed E-state index contributed by atoms with van der Waals surface area (Å²) < 4.78 is 7.76. The molecule has 0 atom stereocenters. The summed E-state index contributed by atoms with van der Waals surface area (Å²) in [6, 6.07) is 18.8. The Labute approximate surface area is 183 Å². The maximum Gasteiger partial charge on any atom is 0.295 e. The van der Waals surface area contributed by atoms with Gasteiger partial charge in [0.05, 0.1) is 10.5 Å². The molecular formula is C25H19ClN2O3. The van der Waals surface area contributed by atoms with Gasteiger partial charge in [-0.1, -0.05) is 35.4 Å². The molecule has 0 bridgehead atoms. The van der Waals surface area contributed by atoms with Crippen LogP contribution in [0.2, 0.25) is 5.02 Å². The number of H-pyrrole nitrogens is 1. The highest BCUT2D eigenvalue weighted by Gasteiger charge is 2.17. The van der Waals surface area contributed by atoms with Crippen LogP contribution in [0.5, 0.6) is 17.2 Å². The van der Waals surface area contributed by atoms with Crippen LogP contribution in [0.15, 0.2) is 71.7 Å². The molecule has 2 N–H and O–H groups in total. The fourth-order valence-corrected chi connectivity index (χ4v) is 4.04. The molecule has 0 unspecified atom stereocenters. The van der Waals surface area contributed by atoms with Crippen molar-refractivity contribution in [2.24, 2.45) is 7.05 Å². The fraction of sp³-hybridized carbons (Fsp3) is 0.0800. The van der Waals surface area contributed by atoms with Crippen LogP contribution in [0.3, 0.4) is 0 Å². The minimum absolute atomic E-state index is 0.150. The maximum atomic E-state index is 12.6. The van der Waals surface area contributed by atoms with Gasteiger partial charge in [-0.25, -0.2) is 0 Å². The van der Waals surface area contributed by atoms with E-state index in [0.29, 0.717) is 21.7 Å². The largest absolute Gasteiger partial charge is 0.504 e. The quantitative estimate of drug-likeness (QED) is 0.361. The Kier molecular flexibility index (Phi) is 4.49. The van der Waals surface area contributed by atoms with Crippen molar-refractivity contribution >= 4 is 33.4 Å². The van der Waals surface area contributed by atoms with E-state index in [0.717, 1.165) is 27.6 Å². The molecule has 5 rings (SSSR count). The number of hydrogen-bond donors (Lipinski definition) is 2. The van der Waals surface area contributed by atoms with E-state index in [1.54, 1.807) is 24.3 Å². The van der Waals surface area contributed by atoms with E-state index in [-0.39, 0.29) is 11.5 Å². The number of aromatic nitrogens is 2. The molecule has 0 saturated carbocycles. The average Bonchev–Trinajstić information content (AvgIpc) is 3.12. The molecule has 154 valence electrons. The lowest BCUT2D eigenvalue weighted by Gasteiger charge is -2.12. The second kappa shape index (κ2) is 7.22. The summed E-state index contributed by atoms with van der Waals surface area (Å²) >= 11 is 6.54. The van der Waals surface area contributed by atoms with Crippen LogP contribution in [0.4, 0.5) is 0 Å². The van der Waals surface area contributed by atoms with Crippen molar-refractivity contribution in [2.75, 3.05) is 0 Å². The first-order valence-corrected chi connectivity index (χ1v) is 10.2. The van der Waals surface area contributed by atoms with E-state index in [1.165, 1.54) is 0 Å². The summed E-state index contributed by atoms with van der Waals surface area (Å²) in [6.07, 6.45) is 2.00. The summed E-state index contributed by atoms with van der Waals surface area (Å²) in [5.41, 5.74) is 3.76. The molecule has 6 heteroatoms. The van der Waals surface area contributed by atoms with E-state index in [2.05, 4.69) is 11.1 Å². The smallest absolute Gasteiger partial charge is 0.295 e. The van der Waals surface area contributed by atoms with Crippen LogP contribution in [-0.2, 0) is 7.05 Å². The van der Waals surface area contributed by atoms with Crippen molar-refractivity contribution in [1.82, 2.24) is 9.55 Å². The summed E-state index contributed by atoms with van der Waals surface area (Å²) in [5.74, 6) is 0.0932. The molecule has 0 radical (unpaired) electrons. The molecule has 3 aromatic carbocycles. The molecule has 0 aliphatic carbocycles. The molecule has 31 heavy (non-hydrogen) atoms. The zero-order valence-electron chi connectivity index (χ0n) is 16.9. The number of hydrogen-bond acceptors (Lipinski definition) is 3. The number of pyridine rings is 1. The van der Waals surface area contributed by atoms with Gasteiger partial charge in [-0.05, 0) is 55.0 Å². The van der Waals surface area contributed by atoms with Crippen LogP contribution < -0.4 is 10.3 Å². The first-order chi connectivity index (χ1) is 14.9. The number of nitrogens with zero attached hydrogens (tertiary/aromatic N) is 1. The normalized spacial score (nSPS) is 11.3. The molecule has 0 saturated heterocycles. The molecule has 5 nitrogen and oxygen atoms in total. The minimum atomic E-state index is -0.528. The van der Waals surface area contributed by atoms with Crippen molar-refractivity contribution < 1.29 is 9.84 Å². The number of fused-ring (bicyclic) bond motifs is 2. The number of rotatable bonds is 3. The van der Waals surface area contributed by atoms with Crippen molar-refractivity contribution in [3.05, 3.63) is 87.8 Å². The van der Waals surface area contributed by atoms with Crippen molar-refractivity contribution in [3.63, 3.8) is 0 Å². The van der Waals surface area contributed by atoms with E-state index >= 15 is 0 Å². The molecule has 0 aliphatic heterocycles. The highest BCUT2D eigenvalue weighted by molar-refractivity contribution is 6.34. The predicted molar refractivity (Wildman–Crippen MR) is 124 cm³/mol. The second-order valence-electron chi connectivity index (χ2n) is 7.62. The number of aryl methyl sites for hydroxylation is 2. The van der Waals surface area contributed by atoms with Crippen LogP contribution >= 0.6 is 11.6 Å². The van der Waals surface area contributed by atoms with E-state index < -0.39 is 5.56 Å². The van der Waals surface area contributed by atoms with E-state index in [1.807, 2.05) is 55.1 Å². The average molecular weight is 431 g/mol. The topological polar surface area (TPSA) is 67.2 Å². The minimum Gasteiger partial charge on any atom is -0.504 e. The number of aromatic amines is 1. The molecular weight excluding hydrogens is 412 g/mol. The van der Waals surface area contributed by atoms with Crippen molar-refractivity contribution in [3.8, 4) is 28.4 Å². The van der Waals surface area contributed by atoms with Gasteiger partial charge in [-0.2, -0.15) is 0 Å². The maximum absolute atomic E-state index is 12.6. The van der Waals surface area contributed by atoms with Crippen molar-refractivity contribution in [1.29, 1.82) is 0 Å². The molecule has 5 aromatic rings. The summed E-state index contributed by atoms with van der Waals surface area (Å²) in [7, 11) is 2.00. The SMILES string of the molecule is Cc1ccc(Oc2c(O)c3cc(-c4ccc5c(ccn5C)c4)c(Cl)cc3[nH]c2=O)cc1. The van der Waals surface area contributed by atoms with Gasteiger partial charge in [-0.3, -0.25) is 4.79 Å². The molecule has 0 amide bonds. The number of benzene rings is 3. The number of aromatic hydroxyl groups is 1. The Morgan fingerprint density at radius 1 is 1.03 bits per heavy atom. The zero-order valence-corrected chi connectivity index (χ0v) is 17.7. The first kappa shape index (κ1) is 19.3. The highest BCUT2D eigenvalue weighted by Crippen LogP contribution is 2.39. The zero-order chi connectivity index (χ0) is 21.7. The first-order valence-electron chi connectivity index (χ1n) is 9.79. The number of ether oxygens (including phenoxy) is 1. The third kappa shape index (κ3) is 3.33. The lowest BCUT2D eigenvalue weighted by molar-refractivity contribution is 0.410. The van der Waals surface area contributed by atoms with Gasteiger partial charge in [0.15, 0.2) is 5.75 Å². The van der Waals surface area contributed by atoms with Gasteiger partial charge in [-0.15, -0.1) is 0 Å². The number of nitrogens with one attached hydrogen (secondary N) is 1. The Morgan fingerprint density at radius 3 is 2.58 bits per heavy atom. The Balaban J connectivity index is 1.66.